The van der Waals surface area contributed by atoms with E-state index >= 15 is 0 Å². The standard InChI is InChI=1S/C16H15N3/c1-12-7-9-13(10-8-12)11-15-17-16(19-18-15)14-5-3-2-4-6-14/h2-10H,11H2,1H3,(H,17,18,19). The number of aryl methyl sites for hydroxylation is 1. The van der Waals surface area contributed by atoms with Gasteiger partial charge in [-0.25, -0.2) is 4.98 Å². The molecule has 2 aromatic carbocycles. The smallest absolute Gasteiger partial charge is 0.181 e. The highest BCUT2D eigenvalue weighted by Gasteiger charge is 2.05. The van der Waals surface area contributed by atoms with E-state index in [0.717, 1.165) is 23.6 Å². The number of aromatic amines is 1. The van der Waals surface area contributed by atoms with Crippen molar-refractivity contribution in [3.8, 4) is 11.4 Å². The number of aromatic nitrogens is 3. The fraction of sp³-hybridized carbons (Fsp3) is 0.125. The fourth-order valence-corrected chi connectivity index (χ4v) is 1.99. The first-order chi connectivity index (χ1) is 9.31. The van der Waals surface area contributed by atoms with Gasteiger partial charge in [0, 0.05) is 12.0 Å². The number of rotatable bonds is 3. The number of benzene rings is 2. The molecule has 0 unspecified atom stereocenters. The average Bonchev–Trinajstić information content (AvgIpc) is 2.91. The van der Waals surface area contributed by atoms with Gasteiger partial charge in [0.2, 0.25) is 0 Å². The summed E-state index contributed by atoms with van der Waals surface area (Å²) in [5, 5.41) is 7.27. The quantitative estimate of drug-likeness (QED) is 0.773. The molecule has 0 amide bonds. The van der Waals surface area contributed by atoms with Gasteiger partial charge in [-0.1, -0.05) is 60.2 Å². The molecule has 94 valence electrons. The normalized spacial score (nSPS) is 10.6. The molecule has 3 nitrogen and oxygen atoms in total. The van der Waals surface area contributed by atoms with Crippen LogP contribution >= 0.6 is 0 Å². The molecule has 3 rings (SSSR count). The van der Waals surface area contributed by atoms with Crippen LogP contribution in [0, 0.1) is 6.92 Å². The van der Waals surface area contributed by atoms with Gasteiger partial charge in [-0.05, 0) is 12.5 Å². The van der Waals surface area contributed by atoms with Crippen LogP contribution in [0.15, 0.2) is 54.6 Å². The van der Waals surface area contributed by atoms with Gasteiger partial charge in [-0.15, -0.1) is 0 Å². The molecule has 0 aliphatic carbocycles. The summed E-state index contributed by atoms with van der Waals surface area (Å²) < 4.78 is 0. The van der Waals surface area contributed by atoms with E-state index in [2.05, 4.69) is 46.4 Å². The lowest BCUT2D eigenvalue weighted by atomic mass is 10.1. The second-order valence-electron chi connectivity index (χ2n) is 4.63. The van der Waals surface area contributed by atoms with Gasteiger partial charge in [0.1, 0.15) is 5.82 Å². The number of nitrogens with zero attached hydrogens (tertiary/aromatic N) is 2. The van der Waals surface area contributed by atoms with E-state index in [0.29, 0.717) is 0 Å². The average molecular weight is 249 g/mol. The molecule has 0 bridgehead atoms. The van der Waals surface area contributed by atoms with Crippen molar-refractivity contribution in [2.75, 3.05) is 0 Å². The minimum absolute atomic E-state index is 0.753. The summed E-state index contributed by atoms with van der Waals surface area (Å²) in [6.07, 6.45) is 0.778. The second-order valence-corrected chi connectivity index (χ2v) is 4.63. The van der Waals surface area contributed by atoms with Crippen molar-refractivity contribution >= 4 is 0 Å². The Balaban J connectivity index is 1.80. The molecule has 0 spiro atoms. The van der Waals surface area contributed by atoms with Gasteiger partial charge in [-0.3, -0.25) is 5.10 Å². The number of hydrogen-bond donors (Lipinski definition) is 1. The molecule has 0 saturated carbocycles. The minimum atomic E-state index is 0.753. The molecule has 1 aromatic heterocycles. The van der Waals surface area contributed by atoms with Gasteiger partial charge in [-0.2, -0.15) is 5.10 Å². The molecule has 3 aromatic rings. The summed E-state index contributed by atoms with van der Waals surface area (Å²) in [5.41, 5.74) is 3.54. The molecule has 1 heterocycles. The number of H-pyrrole nitrogens is 1. The summed E-state index contributed by atoms with van der Waals surface area (Å²) in [6, 6.07) is 18.5. The number of hydrogen-bond acceptors (Lipinski definition) is 2. The van der Waals surface area contributed by atoms with Crippen molar-refractivity contribution in [2.45, 2.75) is 13.3 Å². The van der Waals surface area contributed by atoms with Gasteiger partial charge >= 0.3 is 0 Å². The zero-order chi connectivity index (χ0) is 13.1. The van der Waals surface area contributed by atoms with Crippen LogP contribution in [0.1, 0.15) is 17.0 Å². The van der Waals surface area contributed by atoms with Crippen molar-refractivity contribution in [3.63, 3.8) is 0 Å². The Morgan fingerprint density at radius 3 is 2.42 bits per heavy atom. The van der Waals surface area contributed by atoms with Crippen LogP contribution in [0.5, 0.6) is 0 Å². The maximum Gasteiger partial charge on any atom is 0.181 e. The van der Waals surface area contributed by atoms with Crippen LogP contribution < -0.4 is 0 Å². The molecule has 3 heteroatoms. The third-order valence-corrected chi connectivity index (χ3v) is 3.06. The molecule has 0 atom stereocenters. The van der Waals surface area contributed by atoms with Crippen LogP contribution in [0.3, 0.4) is 0 Å². The van der Waals surface area contributed by atoms with E-state index in [1.807, 2.05) is 30.3 Å². The Labute approximate surface area is 112 Å². The highest BCUT2D eigenvalue weighted by Crippen LogP contribution is 2.15. The molecular weight excluding hydrogens is 234 g/mol. The lowest BCUT2D eigenvalue weighted by Crippen LogP contribution is -1.90. The van der Waals surface area contributed by atoms with Gasteiger partial charge < -0.3 is 0 Å². The predicted octanol–water partition coefficient (Wildman–Crippen LogP) is 3.37. The number of nitrogens with one attached hydrogen (secondary N) is 1. The lowest BCUT2D eigenvalue weighted by Gasteiger charge is -1.98. The SMILES string of the molecule is Cc1ccc(Cc2nc(-c3ccccc3)n[nH]2)cc1. The summed E-state index contributed by atoms with van der Waals surface area (Å²) in [7, 11) is 0. The Hall–Kier alpha value is -2.42. The van der Waals surface area contributed by atoms with Crippen LogP contribution in [0.4, 0.5) is 0 Å². The molecule has 0 aliphatic rings. The fourth-order valence-electron chi connectivity index (χ4n) is 1.99. The largest absolute Gasteiger partial charge is 0.262 e. The van der Waals surface area contributed by atoms with Gasteiger partial charge in [0.25, 0.3) is 0 Å². The monoisotopic (exact) mass is 249 g/mol. The van der Waals surface area contributed by atoms with Crippen LogP contribution in [0.2, 0.25) is 0 Å². The van der Waals surface area contributed by atoms with Crippen LogP contribution in [-0.4, -0.2) is 15.2 Å². The zero-order valence-electron chi connectivity index (χ0n) is 10.8. The van der Waals surface area contributed by atoms with Gasteiger partial charge in [0.05, 0.1) is 0 Å². The molecule has 1 N–H and O–H groups in total. The first-order valence-electron chi connectivity index (χ1n) is 6.33. The van der Waals surface area contributed by atoms with Crippen molar-refractivity contribution in [1.29, 1.82) is 0 Å². The molecule has 19 heavy (non-hydrogen) atoms. The Bertz CT molecular complexity index is 654. The van der Waals surface area contributed by atoms with E-state index < -0.39 is 0 Å². The molecule has 0 fully saturated rings. The summed E-state index contributed by atoms with van der Waals surface area (Å²) in [6.45, 7) is 2.09. The summed E-state index contributed by atoms with van der Waals surface area (Å²) in [5.74, 6) is 1.64. The topological polar surface area (TPSA) is 41.6 Å². The maximum absolute atomic E-state index is 4.53. The van der Waals surface area contributed by atoms with Gasteiger partial charge in [0.15, 0.2) is 5.82 Å². The summed E-state index contributed by atoms with van der Waals surface area (Å²) in [4.78, 5) is 4.53. The molecule has 0 radical (unpaired) electrons. The van der Waals surface area contributed by atoms with E-state index in [1.165, 1.54) is 11.1 Å². The zero-order valence-corrected chi connectivity index (χ0v) is 10.8. The maximum atomic E-state index is 4.53. The Morgan fingerprint density at radius 2 is 1.68 bits per heavy atom. The van der Waals surface area contributed by atoms with Crippen molar-refractivity contribution in [1.82, 2.24) is 15.2 Å². The highest BCUT2D eigenvalue weighted by molar-refractivity contribution is 5.53. The molecular formula is C16H15N3. The van der Waals surface area contributed by atoms with E-state index in [-0.39, 0.29) is 0 Å². The Morgan fingerprint density at radius 1 is 0.947 bits per heavy atom. The van der Waals surface area contributed by atoms with E-state index in [9.17, 15) is 0 Å². The van der Waals surface area contributed by atoms with Crippen molar-refractivity contribution in [3.05, 3.63) is 71.5 Å². The minimum Gasteiger partial charge on any atom is -0.262 e. The molecule has 0 saturated heterocycles. The predicted molar refractivity (Wildman–Crippen MR) is 75.8 cm³/mol. The highest BCUT2D eigenvalue weighted by atomic mass is 15.2. The first-order valence-corrected chi connectivity index (χ1v) is 6.33. The van der Waals surface area contributed by atoms with Crippen molar-refractivity contribution in [2.24, 2.45) is 0 Å². The Kier molecular flexibility index (Phi) is 3.11. The lowest BCUT2D eigenvalue weighted by molar-refractivity contribution is 0.972. The first kappa shape index (κ1) is 11.7. The molecule has 0 aliphatic heterocycles. The third-order valence-electron chi connectivity index (χ3n) is 3.06. The summed E-state index contributed by atoms with van der Waals surface area (Å²) >= 11 is 0. The second kappa shape index (κ2) is 5.06. The third kappa shape index (κ3) is 2.71. The van der Waals surface area contributed by atoms with Crippen molar-refractivity contribution < 1.29 is 0 Å². The van der Waals surface area contributed by atoms with E-state index in [4.69, 9.17) is 0 Å². The van der Waals surface area contributed by atoms with Crippen LogP contribution in [0.25, 0.3) is 11.4 Å². The van der Waals surface area contributed by atoms with Crippen LogP contribution in [-0.2, 0) is 6.42 Å². The van der Waals surface area contributed by atoms with E-state index in [1.54, 1.807) is 0 Å².